The lowest BCUT2D eigenvalue weighted by Gasteiger charge is -2.22. The zero-order chi connectivity index (χ0) is 13.0. The van der Waals surface area contributed by atoms with Crippen molar-refractivity contribution in [3.63, 3.8) is 0 Å². The van der Waals surface area contributed by atoms with Crippen molar-refractivity contribution in [3.05, 3.63) is 28.2 Å². The van der Waals surface area contributed by atoms with Gasteiger partial charge in [0.05, 0.1) is 17.9 Å². The summed E-state index contributed by atoms with van der Waals surface area (Å²) < 4.78 is 0.962. The molecule has 1 unspecified atom stereocenters. The van der Waals surface area contributed by atoms with Gasteiger partial charge in [0.2, 0.25) is 0 Å². The molecule has 0 aromatic heterocycles. The molecule has 1 aromatic rings. The maximum Gasteiger partial charge on any atom is 0.0762 e. The summed E-state index contributed by atoms with van der Waals surface area (Å²) in [5.74, 6) is 0. The van der Waals surface area contributed by atoms with Gasteiger partial charge in [-0.1, -0.05) is 6.07 Å². The maximum absolute atomic E-state index is 9.49. The zero-order valence-electron chi connectivity index (χ0n) is 10.5. The Kier molecular flexibility index (Phi) is 5.43. The molecule has 0 fully saturated rings. The number of aliphatic hydroxyl groups is 2. The van der Waals surface area contributed by atoms with Gasteiger partial charge >= 0.3 is 0 Å². The summed E-state index contributed by atoms with van der Waals surface area (Å²) in [5, 5.41) is 18.7. The topological polar surface area (TPSA) is 43.7 Å². The molecule has 0 spiro atoms. The van der Waals surface area contributed by atoms with Crippen LogP contribution in [0.15, 0.2) is 22.7 Å². The van der Waals surface area contributed by atoms with Crippen LogP contribution in [0.4, 0.5) is 5.69 Å². The molecular weight excluding hydrogens is 282 g/mol. The van der Waals surface area contributed by atoms with Crippen LogP contribution in [0.5, 0.6) is 0 Å². The third-order valence-corrected chi connectivity index (χ3v) is 3.38. The molecule has 0 bridgehead atoms. The quantitative estimate of drug-likeness (QED) is 0.879. The van der Waals surface area contributed by atoms with Crippen LogP contribution < -0.4 is 4.90 Å². The minimum atomic E-state index is -0.455. The van der Waals surface area contributed by atoms with Crippen LogP contribution in [0.2, 0.25) is 0 Å². The van der Waals surface area contributed by atoms with Gasteiger partial charge in [-0.2, -0.15) is 0 Å². The van der Waals surface area contributed by atoms with Crippen LogP contribution in [-0.4, -0.2) is 29.9 Å². The van der Waals surface area contributed by atoms with E-state index < -0.39 is 6.10 Å². The number of halogens is 1. The van der Waals surface area contributed by atoms with E-state index in [0.717, 1.165) is 28.7 Å². The number of rotatable bonds is 5. The molecular formula is C13H20BrNO2. The first-order valence-electron chi connectivity index (χ1n) is 5.78. The molecule has 1 aromatic carbocycles. The summed E-state index contributed by atoms with van der Waals surface area (Å²) in [6.07, 6.45) is -0.00254. The highest BCUT2D eigenvalue weighted by molar-refractivity contribution is 9.10. The van der Waals surface area contributed by atoms with Crippen molar-refractivity contribution in [2.75, 3.05) is 18.5 Å². The first kappa shape index (κ1) is 14.5. The SMILES string of the molecule is CC(O)CCN(C)c1ccc([C@H](C)O)cc1Br. The highest BCUT2D eigenvalue weighted by Gasteiger charge is 2.09. The van der Waals surface area contributed by atoms with Crippen molar-refractivity contribution < 1.29 is 10.2 Å². The maximum atomic E-state index is 9.49. The molecule has 0 amide bonds. The second kappa shape index (κ2) is 6.38. The minimum absolute atomic E-state index is 0.284. The number of anilines is 1. The van der Waals surface area contributed by atoms with Crippen LogP contribution >= 0.6 is 15.9 Å². The monoisotopic (exact) mass is 301 g/mol. The number of aliphatic hydroxyl groups excluding tert-OH is 2. The number of benzene rings is 1. The van der Waals surface area contributed by atoms with Crippen molar-refractivity contribution in [1.82, 2.24) is 0 Å². The molecule has 0 aliphatic rings. The summed E-state index contributed by atoms with van der Waals surface area (Å²) in [4.78, 5) is 2.09. The molecule has 0 saturated heterocycles. The number of nitrogens with zero attached hydrogens (tertiary/aromatic N) is 1. The predicted molar refractivity (Wildman–Crippen MR) is 74.3 cm³/mol. The fourth-order valence-corrected chi connectivity index (χ4v) is 2.29. The molecule has 1 rings (SSSR count). The first-order chi connectivity index (χ1) is 7.91. The van der Waals surface area contributed by atoms with Crippen LogP contribution in [0.3, 0.4) is 0 Å². The van der Waals surface area contributed by atoms with Gasteiger partial charge in [0.1, 0.15) is 0 Å². The fraction of sp³-hybridized carbons (Fsp3) is 0.538. The standard InChI is InChI=1S/C13H20BrNO2/c1-9(16)6-7-15(3)13-5-4-11(10(2)17)8-12(13)14/h4-5,8-10,16-17H,6-7H2,1-3H3/t9?,10-/m0/s1. The second-order valence-corrected chi connectivity index (χ2v) is 5.30. The summed E-state index contributed by atoms with van der Waals surface area (Å²) in [5.41, 5.74) is 1.96. The van der Waals surface area contributed by atoms with Crippen molar-refractivity contribution in [3.8, 4) is 0 Å². The molecule has 0 radical (unpaired) electrons. The highest BCUT2D eigenvalue weighted by atomic mass is 79.9. The first-order valence-corrected chi connectivity index (χ1v) is 6.58. The number of hydrogen-bond donors (Lipinski definition) is 2. The molecule has 17 heavy (non-hydrogen) atoms. The van der Waals surface area contributed by atoms with Crippen molar-refractivity contribution in [1.29, 1.82) is 0 Å². The number of hydrogen-bond acceptors (Lipinski definition) is 3. The molecule has 2 atom stereocenters. The average molecular weight is 302 g/mol. The van der Waals surface area contributed by atoms with Gasteiger partial charge in [-0.25, -0.2) is 0 Å². The zero-order valence-corrected chi connectivity index (χ0v) is 12.1. The van der Waals surface area contributed by atoms with Crippen molar-refractivity contribution in [2.45, 2.75) is 32.5 Å². The van der Waals surface area contributed by atoms with Crippen LogP contribution in [0.1, 0.15) is 31.9 Å². The molecule has 0 heterocycles. The third kappa shape index (κ3) is 4.30. The minimum Gasteiger partial charge on any atom is -0.393 e. The largest absolute Gasteiger partial charge is 0.393 e. The Bertz CT molecular complexity index is 366. The predicted octanol–water partition coefficient (Wildman–Crippen LogP) is 2.71. The van der Waals surface area contributed by atoms with Gasteiger partial charge in [-0.15, -0.1) is 0 Å². The molecule has 4 heteroatoms. The lowest BCUT2D eigenvalue weighted by Crippen LogP contribution is -2.22. The molecule has 0 aliphatic heterocycles. The molecule has 0 aliphatic carbocycles. The Labute approximate surface area is 111 Å². The smallest absolute Gasteiger partial charge is 0.0762 e. The van der Waals surface area contributed by atoms with Gasteiger partial charge < -0.3 is 15.1 Å². The molecule has 2 N–H and O–H groups in total. The highest BCUT2D eigenvalue weighted by Crippen LogP contribution is 2.28. The summed E-state index contributed by atoms with van der Waals surface area (Å²) in [6.45, 7) is 4.34. The molecule has 0 saturated carbocycles. The van der Waals surface area contributed by atoms with E-state index in [9.17, 15) is 10.2 Å². The van der Waals surface area contributed by atoms with E-state index in [1.54, 1.807) is 13.8 Å². The Balaban J connectivity index is 2.77. The Morgan fingerprint density at radius 2 is 1.94 bits per heavy atom. The van der Waals surface area contributed by atoms with Crippen LogP contribution in [0.25, 0.3) is 0 Å². The summed E-state index contributed by atoms with van der Waals surface area (Å²) >= 11 is 3.51. The van der Waals surface area contributed by atoms with E-state index in [0.29, 0.717) is 0 Å². The van der Waals surface area contributed by atoms with E-state index in [2.05, 4.69) is 20.8 Å². The van der Waals surface area contributed by atoms with E-state index in [-0.39, 0.29) is 6.10 Å². The van der Waals surface area contributed by atoms with E-state index >= 15 is 0 Å². The van der Waals surface area contributed by atoms with Gasteiger partial charge in [-0.05, 0) is 53.9 Å². The van der Waals surface area contributed by atoms with E-state index in [1.165, 1.54) is 0 Å². The van der Waals surface area contributed by atoms with Gasteiger partial charge in [0, 0.05) is 18.1 Å². The van der Waals surface area contributed by atoms with Crippen LogP contribution in [0, 0.1) is 0 Å². The second-order valence-electron chi connectivity index (χ2n) is 4.45. The average Bonchev–Trinajstić information content (AvgIpc) is 2.25. The van der Waals surface area contributed by atoms with E-state index in [1.807, 2.05) is 25.2 Å². The third-order valence-electron chi connectivity index (χ3n) is 2.75. The lowest BCUT2D eigenvalue weighted by atomic mass is 10.1. The van der Waals surface area contributed by atoms with Gasteiger partial charge in [-0.3, -0.25) is 0 Å². The molecule has 96 valence electrons. The Morgan fingerprint density at radius 3 is 2.41 bits per heavy atom. The summed E-state index contributed by atoms with van der Waals surface area (Å²) in [6, 6.07) is 5.83. The Morgan fingerprint density at radius 1 is 1.29 bits per heavy atom. The summed E-state index contributed by atoms with van der Waals surface area (Å²) in [7, 11) is 1.99. The normalized spacial score (nSPS) is 14.5. The van der Waals surface area contributed by atoms with Crippen molar-refractivity contribution in [2.24, 2.45) is 0 Å². The lowest BCUT2D eigenvalue weighted by molar-refractivity contribution is 0.187. The van der Waals surface area contributed by atoms with Crippen molar-refractivity contribution >= 4 is 21.6 Å². The van der Waals surface area contributed by atoms with E-state index in [4.69, 9.17) is 0 Å². The van der Waals surface area contributed by atoms with Gasteiger partial charge in [0.15, 0.2) is 0 Å². The van der Waals surface area contributed by atoms with Gasteiger partial charge in [0.25, 0.3) is 0 Å². The fourth-order valence-electron chi connectivity index (χ4n) is 1.59. The molecule has 3 nitrogen and oxygen atoms in total. The van der Waals surface area contributed by atoms with Crippen LogP contribution in [-0.2, 0) is 0 Å². The Hall–Kier alpha value is -0.580.